The quantitative estimate of drug-likeness (QED) is 0.827. The number of Topliss-reactive ketones (excluding diaryl/α,β-unsaturated/α-hetero) is 1. The summed E-state index contributed by atoms with van der Waals surface area (Å²) in [6.07, 6.45) is -0.403. The van der Waals surface area contributed by atoms with Gasteiger partial charge in [0.25, 0.3) is 11.7 Å². The van der Waals surface area contributed by atoms with Gasteiger partial charge in [-0.25, -0.2) is 8.78 Å². The van der Waals surface area contributed by atoms with Crippen LogP contribution in [0.4, 0.5) is 14.5 Å². The highest BCUT2D eigenvalue weighted by Gasteiger charge is 2.36. The van der Waals surface area contributed by atoms with Crippen LogP contribution in [0.5, 0.6) is 0 Å². The van der Waals surface area contributed by atoms with E-state index in [1.165, 1.54) is 6.92 Å². The number of halogens is 2. The molecule has 1 aromatic carbocycles. The van der Waals surface area contributed by atoms with Gasteiger partial charge in [0, 0.05) is 12.6 Å². The summed E-state index contributed by atoms with van der Waals surface area (Å²) in [6, 6.07) is 1.56. The molecule has 0 fully saturated rings. The first-order valence-electron chi connectivity index (χ1n) is 5.45. The molecule has 0 saturated carbocycles. The van der Waals surface area contributed by atoms with Crippen LogP contribution >= 0.6 is 0 Å². The van der Waals surface area contributed by atoms with Crippen LogP contribution in [-0.2, 0) is 4.79 Å². The summed E-state index contributed by atoms with van der Waals surface area (Å²) in [7, 11) is 0. The Morgan fingerprint density at radius 2 is 1.89 bits per heavy atom. The molecule has 0 aromatic heterocycles. The molecule has 0 spiro atoms. The van der Waals surface area contributed by atoms with E-state index in [1.54, 1.807) is 0 Å². The smallest absolute Gasteiger partial charge is 0.299 e. The number of amides is 1. The van der Waals surface area contributed by atoms with Gasteiger partial charge in [0.1, 0.15) is 0 Å². The van der Waals surface area contributed by atoms with Crippen molar-refractivity contribution < 1.29 is 23.5 Å². The average Bonchev–Trinajstić information content (AvgIpc) is 2.51. The van der Waals surface area contributed by atoms with Crippen molar-refractivity contribution in [3.63, 3.8) is 0 Å². The van der Waals surface area contributed by atoms with Crippen LogP contribution < -0.4 is 4.90 Å². The highest BCUT2D eigenvalue weighted by atomic mass is 19.2. The summed E-state index contributed by atoms with van der Waals surface area (Å²) in [6.45, 7) is 1.62. The fourth-order valence-electron chi connectivity index (χ4n) is 1.83. The van der Waals surface area contributed by atoms with E-state index in [9.17, 15) is 18.4 Å². The maximum Gasteiger partial charge on any atom is 0.299 e. The van der Waals surface area contributed by atoms with Gasteiger partial charge in [-0.05, 0) is 19.4 Å². The maximum absolute atomic E-state index is 13.1. The van der Waals surface area contributed by atoms with E-state index >= 15 is 0 Å². The number of nitrogens with zero attached hydrogens (tertiary/aromatic N) is 1. The second-order valence-corrected chi connectivity index (χ2v) is 4.21. The number of aliphatic hydroxyl groups is 1. The van der Waals surface area contributed by atoms with Crippen LogP contribution in [0, 0.1) is 11.6 Å². The first-order chi connectivity index (χ1) is 8.41. The van der Waals surface area contributed by atoms with Gasteiger partial charge in [0.05, 0.1) is 17.4 Å². The van der Waals surface area contributed by atoms with Gasteiger partial charge in [0.2, 0.25) is 0 Å². The summed E-state index contributed by atoms with van der Waals surface area (Å²) in [4.78, 5) is 24.3. The first-order valence-corrected chi connectivity index (χ1v) is 5.45. The van der Waals surface area contributed by atoms with Crippen LogP contribution in [0.3, 0.4) is 0 Å². The Hall–Kier alpha value is -1.82. The monoisotopic (exact) mass is 255 g/mol. The standard InChI is InChI=1S/C12H11F2NO3/c1-6(16)2-3-15-10-5-9(14)8(13)4-7(10)11(17)12(15)18/h4-6,16H,2-3H2,1H3. The molecule has 0 bridgehead atoms. The number of hydrogen-bond donors (Lipinski definition) is 1. The maximum atomic E-state index is 13.1. The zero-order valence-electron chi connectivity index (χ0n) is 9.61. The van der Waals surface area contributed by atoms with Gasteiger partial charge in [-0.15, -0.1) is 0 Å². The summed E-state index contributed by atoms with van der Waals surface area (Å²) < 4.78 is 26.1. The second kappa shape index (κ2) is 4.45. The molecule has 0 saturated heterocycles. The van der Waals surface area contributed by atoms with E-state index in [0.29, 0.717) is 0 Å². The molecule has 0 radical (unpaired) electrons. The highest BCUT2D eigenvalue weighted by Crippen LogP contribution is 2.31. The van der Waals surface area contributed by atoms with Crippen molar-refractivity contribution in [2.24, 2.45) is 0 Å². The summed E-state index contributed by atoms with van der Waals surface area (Å²) >= 11 is 0. The van der Waals surface area contributed by atoms with Gasteiger partial charge in [-0.2, -0.15) is 0 Å². The number of carbonyl (C=O) groups is 2. The molecule has 1 atom stereocenters. The van der Waals surface area contributed by atoms with Gasteiger partial charge in [0.15, 0.2) is 11.6 Å². The second-order valence-electron chi connectivity index (χ2n) is 4.21. The fourth-order valence-corrected chi connectivity index (χ4v) is 1.83. The Balaban J connectivity index is 2.38. The van der Waals surface area contributed by atoms with Gasteiger partial charge < -0.3 is 10.0 Å². The van der Waals surface area contributed by atoms with Crippen LogP contribution in [0.25, 0.3) is 0 Å². The molecule has 1 aliphatic heterocycles. The zero-order chi connectivity index (χ0) is 13.4. The van der Waals surface area contributed by atoms with Crippen molar-refractivity contribution in [2.75, 3.05) is 11.4 Å². The van der Waals surface area contributed by atoms with Crippen molar-refractivity contribution in [3.05, 3.63) is 29.3 Å². The van der Waals surface area contributed by atoms with Crippen molar-refractivity contribution in [1.82, 2.24) is 0 Å². The Kier molecular flexibility index (Phi) is 3.13. The summed E-state index contributed by atoms with van der Waals surface area (Å²) in [5.41, 5.74) is -0.0750. The molecular formula is C12H11F2NO3. The molecule has 4 nitrogen and oxygen atoms in total. The third kappa shape index (κ3) is 1.99. The van der Waals surface area contributed by atoms with Crippen molar-refractivity contribution in [3.8, 4) is 0 Å². The fraction of sp³-hybridized carbons (Fsp3) is 0.333. The zero-order valence-corrected chi connectivity index (χ0v) is 9.61. The average molecular weight is 255 g/mol. The Bertz CT molecular complexity index is 528. The SMILES string of the molecule is CC(O)CCN1C(=O)C(=O)c2cc(F)c(F)cc21. The lowest BCUT2D eigenvalue weighted by atomic mass is 10.1. The topological polar surface area (TPSA) is 57.6 Å². The largest absolute Gasteiger partial charge is 0.393 e. The number of anilines is 1. The molecule has 1 unspecified atom stereocenters. The third-order valence-electron chi connectivity index (χ3n) is 2.78. The van der Waals surface area contributed by atoms with Crippen LogP contribution in [0.2, 0.25) is 0 Å². The van der Waals surface area contributed by atoms with Crippen molar-refractivity contribution in [1.29, 1.82) is 0 Å². The lowest BCUT2D eigenvalue weighted by Crippen LogP contribution is -2.32. The molecule has 18 heavy (non-hydrogen) atoms. The Labute approximate surface area is 102 Å². The number of fused-ring (bicyclic) bond motifs is 1. The number of rotatable bonds is 3. The van der Waals surface area contributed by atoms with Crippen molar-refractivity contribution >= 4 is 17.4 Å². The summed E-state index contributed by atoms with van der Waals surface area (Å²) in [5.74, 6) is -3.95. The minimum absolute atomic E-state index is 0.0598. The molecule has 1 aliphatic rings. The number of ketones is 1. The summed E-state index contributed by atoms with van der Waals surface area (Å²) in [5, 5.41) is 9.15. The number of aliphatic hydroxyl groups excluding tert-OH is 1. The van der Waals surface area contributed by atoms with E-state index in [1.807, 2.05) is 0 Å². The van der Waals surface area contributed by atoms with Gasteiger partial charge >= 0.3 is 0 Å². The number of hydrogen-bond acceptors (Lipinski definition) is 3. The van der Waals surface area contributed by atoms with E-state index < -0.39 is 29.4 Å². The predicted molar refractivity (Wildman–Crippen MR) is 59.3 cm³/mol. The number of benzene rings is 1. The minimum atomic E-state index is -1.16. The van der Waals surface area contributed by atoms with Crippen molar-refractivity contribution in [2.45, 2.75) is 19.4 Å². The molecule has 0 aliphatic carbocycles. The van der Waals surface area contributed by atoms with Crippen LogP contribution in [0.1, 0.15) is 23.7 Å². The van der Waals surface area contributed by atoms with Gasteiger partial charge in [-0.3, -0.25) is 9.59 Å². The highest BCUT2D eigenvalue weighted by molar-refractivity contribution is 6.52. The normalized spacial score (nSPS) is 16.1. The molecule has 6 heteroatoms. The number of carbonyl (C=O) groups excluding carboxylic acids is 2. The van der Waals surface area contributed by atoms with Gasteiger partial charge in [-0.1, -0.05) is 0 Å². The van der Waals surface area contributed by atoms with Crippen LogP contribution in [-0.4, -0.2) is 29.4 Å². The predicted octanol–water partition coefficient (Wildman–Crippen LogP) is 1.27. The van der Waals surface area contributed by atoms with E-state index in [0.717, 1.165) is 17.0 Å². The third-order valence-corrected chi connectivity index (χ3v) is 2.78. The molecule has 1 aromatic rings. The lowest BCUT2D eigenvalue weighted by molar-refractivity contribution is -0.114. The first kappa shape index (κ1) is 12.6. The molecule has 1 N–H and O–H groups in total. The molecule has 1 heterocycles. The Morgan fingerprint density at radius 1 is 1.28 bits per heavy atom. The van der Waals surface area contributed by atoms with Crippen LogP contribution in [0.15, 0.2) is 12.1 Å². The molecular weight excluding hydrogens is 244 g/mol. The van der Waals surface area contributed by atoms with E-state index in [2.05, 4.69) is 0 Å². The minimum Gasteiger partial charge on any atom is -0.393 e. The van der Waals surface area contributed by atoms with E-state index in [-0.39, 0.29) is 24.2 Å². The Morgan fingerprint density at radius 3 is 2.50 bits per heavy atom. The molecule has 1 amide bonds. The molecule has 2 rings (SSSR count). The van der Waals surface area contributed by atoms with E-state index in [4.69, 9.17) is 5.11 Å². The lowest BCUT2D eigenvalue weighted by Gasteiger charge is -2.17. The molecule has 96 valence electrons.